The van der Waals surface area contributed by atoms with Crippen LogP contribution in [0, 0.1) is 0 Å². The number of carbonyl (C=O) groups excluding carboxylic acids is 1. The first-order valence-corrected chi connectivity index (χ1v) is 5.38. The number of carbonyl (C=O) groups is 1. The summed E-state index contributed by atoms with van der Waals surface area (Å²) in [7, 11) is 0. The number of nitrogens with zero attached hydrogens (tertiary/aromatic N) is 1. The molecule has 3 nitrogen and oxygen atoms in total. The van der Waals surface area contributed by atoms with Crippen LogP contribution in [0.25, 0.3) is 0 Å². The van der Waals surface area contributed by atoms with Crippen LogP contribution in [-0.4, -0.2) is 11.7 Å². The van der Waals surface area contributed by atoms with Crippen LogP contribution in [0.15, 0.2) is 5.16 Å². The largest absolute Gasteiger partial charge is 0.331 e. The molecular weight excluding hydrogens is 178 g/mol. The van der Waals surface area contributed by atoms with Gasteiger partial charge in [0.2, 0.25) is 0 Å². The predicted octanol–water partition coefficient (Wildman–Crippen LogP) is 3.29. The SMILES string of the molecule is CCCCCCC/C(C)=N/OC(C)=O. The van der Waals surface area contributed by atoms with Gasteiger partial charge in [0.25, 0.3) is 0 Å². The molecule has 0 fully saturated rings. The zero-order valence-corrected chi connectivity index (χ0v) is 9.51. The van der Waals surface area contributed by atoms with Gasteiger partial charge >= 0.3 is 5.97 Å². The molecule has 0 rings (SSSR count). The van der Waals surface area contributed by atoms with Crippen LogP contribution in [0.5, 0.6) is 0 Å². The summed E-state index contributed by atoms with van der Waals surface area (Å²) in [6, 6.07) is 0. The van der Waals surface area contributed by atoms with Gasteiger partial charge in [-0.15, -0.1) is 0 Å². The minimum atomic E-state index is -0.352. The van der Waals surface area contributed by atoms with Crippen molar-refractivity contribution in [2.45, 2.75) is 59.3 Å². The first-order chi connectivity index (χ1) is 6.66. The third kappa shape index (κ3) is 9.23. The van der Waals surface area contributed by atoms with E-state index in [-0.39, 0.29) is 5.97 Å². The summed E-state index contributed by atoms with van der Waals surface area (Å²) >= 11 is 0. The second-order valence-electron chi connectivity index (χ2n) is 3.57. The molecule has 0 heterocycles. The van der Waals surface area contributed by atoms with Gasteiger partial charge in [0, 0.05) is 6.92 Å². The molecule has 0 bridgehead atoms. The van der Waals surface area contributed by atoms with Crippen molar-refractivity contribution in [2.75, 3.05) is 0 Å². The average Bonchev–Trinajstić information content (AvgIpc) is 2.14. The Balaban J connectivity index is 3.38. The topological polar surface area (TPSA) is 38.7 Å². The molecular formula is C11H21NO2. The van der Waals surface area contributed by atoms with E-state index in [1.807, 2.05) is 6.92 Å². The molecule has 0 unspecified atom stereocenters. The van der Waals surface area contributed by atoms with Gasteiger partial charge in [-0.05, 0) is 19.8 Å². The van der Waals surface area contributed by atoms with Gasteiger partial charge in [-0.1, -0.05) is 37.8 Å². The van der Waals surface area contributed by atoms with E-state index in [0.717, 1.165) is 18.6 Å². The van der Waals surface area contributed by atoms with E-state index in [4.69, 9.17) is 0 Å². The van der Waals surface area contributed by atoms with Gasteiger partial charge < -0.3 is 4.84 Å². The van der Waals surface area contributed by atoms with Crippen LogP contribution in [0.4, 0.5) is 0 Å². The molecule has 82 valence electrons. The van der Waals surface area contributed by atoms with Gasteiger partial charge in [-0.3, -0.25) is 0 Å². The fourth-order valence-corrected chi connectivity index (χ4v) is 1.17. The third-order valence-corrected chi connectivity index (χ3v) is 1.97. The minimum absolute atomic E-state index is 0.352. The summed E-state index contributed by atoms with van der Waals surface area (Å²) in [6.07, 6.45) is 7.16. The molecule has 0 saturated carbocycles. The second kappa shape index (κ2) is 8.73. The van der Waals surface area contributed by atoms with Crippen molar-refractivity contribution in [2.24, 2.45) is 5.16 Å². The van der Waals surface area contributed by atoms with E-state index in [1.165, 1.54) is 32.6 Å². The maximum atomic E-state index is 10.4. The van der Waals surface area contributed by atoms with Crippen molar-refractivity contribution in [1.29, 1.82) is 0 Å². The molecule has 0 aliphatic heterocycles. The van der Waals surface area contributed by atoms with E-state index in [0.29, 0.717) is 0 Å². The van der Waals surface area contributed by atoms with Crippen LogP contribution in [0.3, 0.4) is 0 Å². The van der Waals surface area contributed by atoms with Crippen molar-refractivity contribution in [3.63, 3.8) is 0 Å². The number of hydrogen-bond donors (Lipinski definition) is 0. The van der Waals surface area contributed by atoms with Crippen molar-refractivity contribution in [1.82, 2.24) is 0 Å². The number of oxime groups is 1. The highest BCUT2D eigenvalue weighted by Crippen LogP contribution is 2.05. The van der Waals surface area contributed by atoms with E-state index in [9.17, 15) is 4.79 Å². The van der Waals surface area contributed by atoms with Crippen LogP contribution in [0.2, 0.25) is 0 Å². The fraction of sp³-hybridized carbons (Fsp3) is 0.818. The van der Waals surface area contributed by atoms with Crippen molar-refractivity contribution >= 4 is 11.7 Å². The highest BCUT2D eigenvalue weighted by atomic mass is 16.7. The average molecular weight is 199 g/mol. The summed E-state index contributed by atoms with van der Waals surface area (Å²) in [4.78, 5) is 15.0. The van der Waals surface area contributed by atoms with E-state index >= 15 is 0 Å². The lowest BCUT2D eigenvalue weighted by Gasteiger charge is -1.99. The Morgan fingerprint density at radius 1 is 1.14 bits per heavy atom. The molecule has 0 aliphatic rings. The molecule has 0 N–H and O–H groups in total. The molecule has 14 heavy (non-hydrogen) atoms. The fourth-order valence-electron chi connectivity index (χ4n) is 1.17. The number of rotatable bonds is 7. The van der Waals surface area contributed by atoms with E-state index in [1.54, 1.807) is 0 Å². The lowest BCUT2D eigenvalue weighted by Crippen LogP contribution is -1.97. The highest BCUT2D eigenvalue weighted by molar-refractivity contribution is 5.82. The number of hydrogen-bond acceptors (Lipinski definition) is 3. The lowest BCUT2D eigenvalue weighted by atomic mass is 10.1. The zero-order chi connectivity index (χ0) is 10.8. The summed E-state index contributed by atoms with van der Waals surface area (Å²) in [5.74, 6) is -0.352. The standard InChI is InChI=1S/C11H21NO2/c1-4-5-6-7-8-9-10(2)12-14-11(3)13/h4-9H2,1-3H3/b12-10+. The Labute approximate surface area is 86.5 Å². The summed E-state index contributed by atoms with van der Waals surface area (Å²) in [5, 5.41) is 3.71. The van der Waals surface area contributed by atoms with Crippen molar-refractivity contribution < 1.29 is 9.63 Å². The predicted molar refractivity (Wildman–Crippen MR) is 58.3 cm³/mol. The lowest BCUT2D eigenvalue weighted by molar-refractivity contribution is -0.140. The quantitative estimate of drug-likeness (QED) is 0.273. The van der Waals surface area contributed by atoms with Gasteiger partial charge in [0.1, 0.15) is 0 Å². The van der Waals surface area contributed by atoms with Crippen LogP contribution in [-0.2, 0) is 9.63 Å². The smallest absolute Gasteiger partial charge is 0.319 e. The van der Waals surface area contributed by atoms with Gasteiger partial charge in [0.05, 0.1) is 5.71 Å². The van der Waals surface area contributed by atoms with E-state index in [2.05, 4.69) is 16.9 Å². The molecule has 0 amide bonds. The summed E-state index contributed by atoms with van der Waals surface area (Å²) < 4.78 is 0. The second-order valence-corrected chi connectivity index (χ2v) is 3.57. The zero-order valence-electron chi connectivity index (χ0n) is 9.51. The number of unbranched alkanes of at least 4 members (excludes halogenated alkanes) is 4. The monoisotopic (exact) mass is 199 g/mol. The molecule has 0 radical (unpaired) electrons. The molecule has 3 heteroatoms. The Morgan fingerprint density at radius 3 is 2.36 bits per heavy atom. The maximum Gasteiger partial charge on any atom is 0.331 e. The van der Waals surface area contributed by atoms with Crippen molar-refractivity contribution in [3.8, 4) is 0 Å². The molecule has 0 aromatic carbocycles. The Bertz CT molecular complexity index is 188. The Hall–Kier alpha value is -0.860. The summed E-state index contributed by atoms with van der Waals surface area (Å²) in [5.41, 5.74) is 0.900. The molecule has 0 spiro atoms. The van der Waals surface area contributed by atoms with Crippen LogP contribution in [0.1, 0.15) is 59.3 Å². The van der Waals surface area contributed by atoms with Gasteiger partial charge in [0.15, 0.2) is 0 Å². The maximum absolute atomic E-state index is 10.4. The Morgan fingerprint density at radius 2 is 1.79 bits per heavy atom. The van der Waals surface area contributed by atoms with Gasteiger partial charge in [-0.25, -0.2) is 4.79 Å². The van der Waals surface area contributed by atoms with Crippen molar-refractivity contribution in [3.05, 3.63) is 0 Å². The van der Waals surface area contributed by atoms with Gasteiger partial charge in [-0.2, -0.15) is 0 Å². The van der Waals surface area contributed by atoms with E-state index < -0.39 is 0 Å². The Kier molecular flexibility index (Phi) is 8.19. The minimum Gasteiger partial charge on any atom is -0.319 e. The highest BCUT2D eigenvalue weighted by Gasteiger charge is 1.95. The normalized spacial score (nSPS) is 11.5. The third-order valence-electron chi connectivity index (χ3n) is 1.97. The first-order valence-electron chi connectivity index (χ1n) is 5.38. The molecule has 0 aromatic heterocycles. The first kappa shape index (κ1) is 13.1. The van der Waals surface area contributed by atoms with Crippen LogP contribution < -0.4 is 0 Å². The summed E-state index contributed by atoms with van der Waals surface area (Å²) in [6.45, 7) is 5.45. The molecule has 0 saturated heterocycles. The molecule has 0 atom stereocenters. The molecule has 0 aliphatic carbocycles. The van der Waals surface area contributed by atoms with Crippen LogP contribution >= 0.6 is 0 Å². The molecule has 0 aromatic rings.